The van der Waals surface area contributed by atoms with Crippen LogP contribution in [-0.2, 0) is 4.79 Å². The zero-order valence-corrected chi connectivity index (χ0v) is 12.7. The van der Waals surface area contributed by atoms with Gasteiger partial charge in [0.2, 0.25) is 5.91 Å². The molecule has 1 aromatic carbocycles. The number of alkyl halides is 3. The summed E-state index contributed by atoms with van der Waals surface area (Å²) in [4.78, 5) is 11.8. The molecule has 1 amide bonds. The van der Waals surface area contributed by atoms with E-state index >= 15 is 0 Å². The van der Waals surface area contributed by atoms with Gasteiger partial charge in [0.25, 0.3) is 0 Å². The van der Waals surface area contributed by atoms with Crippen LogP contribution in [0.1, 0.15) is 13.8 Å². The van der Waals surface area contributed by atoms with E-state index in [4.69, 9.17) is 5.73 Å². The average molecular weight is 345 g/mol. The zero-order chi connectivity index (χ0) is 16.2. The molecule has 0 aliphatic carbocycles. The molecule has 0 bridgehead atoms. The lowest BCUT2D eigenvalue weighted by atomic mass is 10.0. The Morgan fingerprint density at radius 2 is 1.95 bits per heavy atom. The van der Waals surface area contributed by atoms with Crippen molar-refractivity contribution in [1.29, 1.82) is 0 Å². The van der Waals surface area contributed by atoms with Crippen molar-refractivity contribution in [3.05, 3.63) is 24.0 Å². The average Bonchev–Trinajstić information content (AvgIpc) is 2.36. The van der Waals surface area contributed by atoms with Gasteiger partial charge < -0.3 is 15.8 Å². The second-order valence-corrected chi connectivity index (χ2v) is 4.68. The van der Waals surface area contributed by atoms with Gasteiger partial charge in [-0.25, -0.2) is 4.39 Å². The van der Waals surface area contributed by atoms with Crippen molar-refractivity contribution < 1.29 is 27.1 Å². The van der Waals surface area contributed by atoms with Gasteiger partial charge >= 0.3 is 6.18 Å². The van der Waals surface area contributed by atoms with Gasteiger partial charge in [-0.15, -0.1) is 12.4 Å². The van der Waals surface area contributed by atoms with Crippen LogP contribution < -0.4 is 15.8 Å². The van der Waals surface area contributed by atoms with Crippen LogP contribution in [0.25, 0.3) is 0 Å². The molecule has 0 radical (unpaired) electrons. The van der Waals surface area contributed by atoms with E-state index in [0.29, 0.717) is 0 Å². The first-order valence-electron chi connectivity index (χ1n) is 6.15. The van der Waals surface area contributed by atoms with Gasteiger partial charge in [0, 0.05) is 12.1 Å². The highest BCUT2D eigenvalue weighted by Crippen LogP contribution is 2.28. The van der Waals surface area contributed by atoms with Crippen LogP contribution in [-0.4, -0.2) is 24.7 Å². The molecule has 0 saturated heterocycles. The van der Waals surface area contributed by atoms with Crippen molar-refractivity contribution in [3.8, 4) is 5.75 Å². The number of carbonyl (C=O) groups excluding carboxylic acids is 1. The summed E-state index contributed by atoms with van der Waals surface area (Å²) < 4.78 is 54.1. The van der Waals surface area contributed by atoms with E-state index in [1.165, 1.54) is 0 Å². The summed E-state index contributed by atoms with van der Waals surface area (Å²) in [6.45, 7) is 1.61. The van der Waals surface area contributed by atoms with E-state index in [2.05, 4.69) is 10.1 Å². The topological polar surface area (TPSA) is 64.4 Å². The second kappa shape index (κ2) is 8.19. The molecule has 0 aliphatic rings. The lowest BCUT2D eigenvalue weighted by molar-refractivity contribution is -0.153. The van der Waals surface area contributed by atoms with Crippen LogP contribution in [0, 0.1) is 11.7 Å². The van der Waals surface area contributed by atoms with Crippen LogP contribution in [0.5, 0.6) is 5.75 Å². The van der Waals surface area contributed by atoms with E-state index in [0.717, 1.165) is 18.2 Å². The highest BCUT2D eigenvalue weighted by atomic mass is 35.5. The molecule has 2 unspecified atom stereocenters. The number of halogens is 5. The first-order chi connectivity index (χ1) is 9.60. The number of anilines is 1. The van der Waals surface area contributed by atoms with Crippen LogP contribution in [0.2, 0.25) is 0 Å². The van der Waals surface area contributed by atoms with E-state index in [9.17, 15) is 22.4 Å². The Balaban J connectivity index is 0.00000441. The molecular weight excluding hydrogens is 328 g/mol. The Morgan fingerprint density at radius 1 is 1.36 bits per heavy atom. The van der Waals surface area contributed by atoms with Crippen LogP contribution in [0.4, 0.5) is 23.2 Å². The molecule has 1 aromatic rings. The Kier molecular flexibility index (Phi) is 7.61. The van der Waals surface area contributed by atoms with Crippen molar-refractivity contribution in [3.63, 3.8) is 0 Å². The highest BCUT2D eigenvalue weighted by molar-refractivity contribution is 5.94. The number of rotatable bonds is 5. The SMILES string of the molecule is CC(N)C(C)C(=O)Nc1ccc(F)cc1OCC(F)(F)F.Cl. The van der Waals surface area contributed by atoms with Gasteiger partial charge in [-0.2, -0.15) is 13.2 Å². The third kappa shape index (κ3) is 6.48. The smallest absolute Gasteiger partial charge is 0.422 e. The minimum Gasteiger partial charge on any atom is -0.482 e. The second-order valence-electron chi connectivity index (χ2n) is 4.68. The summed E-state index contributed by atoms with van der Waals surface area (Å²) in [5, 5.41) is 2.38. The van der Waals surface area contributed by atoms with E-state index < -0.39 is 42.2 Å². The summed E-state index contributed by atoms with van der Waals surface area (Å²) in [6.07, 6.45) is -4.56. The summed E-state index contributed by atoms with van der Waals surface area (Å²) in [6, 6.07) is 2.47. The molecule has 0 aromatic heterocycles. The molecule has 0 heterocycles. The lowest BCUT2D eigenvalue weighted by Crippen LogP contribution is -2.34. The molecule has 0 aliphatic heterocycles. The number of hydrogen-bond donors (Lipinski definition) is 2. The normalized spacial score (nSPS) is 13.8. The Bertz CT molecular complexity index is 509. The molecule has 1 rings (SSSR count). The summed E-state index contributed by atoms with van der Waals surface area (Å²) in [7, 11) is 0. The highest BCUT2D eigenvalue weighted by Gasteiger charge is 2.29. The number of nitrogens with one attached hydrogen (secondary N) is 1. The fourth-order valence-electron chi connectivity index (χ4n) is 1.36. The van der Waals surface area contributed by atoms with Crippen LogP contribution in [0.15, 0.2) is 18.2 Å². The van der Waals surface area contributed by atoms with E-state index in [1.54, 1.807) is 13.8 Å². The molecule has 22 heavy (non-hydrogen) atoms. The minimum absolute atomic E-state index is 0. The monoisotopic (exact) mass is 344 g/mol. The van der Waals surface area contributed by atoms with Gasteiger partial charge in [-0.05, 0) is 19.1 Å². The molecule has 2 atom stereocenters. The largest absolute Gasteiger partial charge is 0.482 e. The molecule has 126 valence electrons. The third-order valence-electron chi connectivity index (χ3n) is 2.80. The maximum absolute atomic E-state index is 13.1. The number of nitrogens with two attached hydrogens (primary N) is 1. The predicted molar refractivity (Wildman–Crippen MR) is 76.6 cm³/mol. The van der Waals surface area contributed by atoms with Crippen LogP contribution in [0.3, 0.4) is 0 Å². The quantitative estimate of drug-likeness (QED) is 0.807. The van der Waals surface area contributed by atoms with E-state index in [-0.39, 0.29) is 18.1 Å². The van der Waals surface area contributed by atoms with Gasteiger partial charge in [0.1, 0.15) is 11.6 Å². The van der Waals surface area contributed by atoms with Gasteiger partial charge in [-0.1, -0.05) is 6.92 Å². The molecule has 4 nitrogen and oxygen atoms in total. The van der Waals surface area contributed by atoms with Crippen molar-refractivity contribution in [1.82, 2.24) is 0 Å². The Hall–Kier alpha value is -1.54. The minimum atomic E-state index is -4.56. The Morgan fingerprint density at radius 3 is 2.45 bits per heavy atom. The first-order valence-corrected chi connectivity index (χ1v) is 6.15. The molecule has 9 heteroatoms. The maximum Gasteiger partial charge on any atom is 0.422 e. The zero-order valence-electron chi connectivity index (χ0n) is 11.9. The van der Waals surface area contributed by atoms with Crippen molar-refractivity contribution in [2.45, 2.75) is 26.1 Å². The summed E-state index contributed by atoms with van der Waals surface area (Å²) >= 11 is 0. The summed E-state index contributed by atoms with van der Waals surface area (Å²) in [5.74, 6) is -2.22. The fraction of sp³-hybridized carbons (Fsp3) is 0.462. The van der Waals surface area contributed by atoms with Gasteiger partial charge in [-0.3, -0.25) is 4.79 Å². The predicted octanol–water partition coefficient (Wildman–Crippen LogP) is 3.11. The van der Waals surface area contributed by atoms with Gasteiger partial charge in [0.15, 0.2) is 6.61 Å². The number of amides is 1. The van der Waals surface area contributed by atoms with E-state index in [1.807, 2.05) is 0 Å². The molecule has 0 spiro atoms. The molecule has 3 N–H and O–H groups in total. The number of ether oxygens (including phenoxy) is 1. The first kappa shape index (κ1) is 20.5. The maximum atomic E-state index is 13.1. The molecule has 0 saturated carbocycles. The Labute approximate surface area is 131 Å². The van der Waals surface area contributed by atoms with Gasteiger partial charge in [0.05, 0.1) is 11.6 Å². The third-order valence-corrected chi connectivity index (χ3v) is 2.80. The standard InChI is InChI=1S/C13H16F4N2O2.ClH/c1-7(8(2)18)12(20)19-10-4-3-9(14)5-11(10)21-6-13(15,16)17;/h3-5,7-8H,6,18H2,1-2H3,(H,19,20);1H. The number of carbonyl (C=O) groups is 1. The molecular formula is C13H17ClF4N2O2. The van der Waals surface area contributed by atoms with Crippen molar-refractivity contribution in [2.75, 3.05) is 11.9 Å². The number of hydrogen-bond acceptors (Lipinski definition) is 3. The fourth-order valence-corrected chi connectivity index (χ4v) is 1.36. The number of benzene rings is 1. The van der Waals surface area contributed by atoms with Crippen molar-refractivity contribution in [2.24, 2.45) is 11.7 Å². The molecule has 0 fully saturated rings. The lowest BCUT2D eigenvalue weighted by Gasteiger charge is -2.18. The van der Waals surface area contributed by atoms with Crippen LogP contribution >= 0.6 is 12.4 Å². The summed E-state index contributed by atoms with van der Waals surface area (Å²) in [5.41, 5.74) is 5.52. The van der Waals surface area contributed by atoms with Crippen molar-refractivity contribution >= 4 is 24.0 Å².